The normalized spacial score (nSPS) is 14.8. The van der Waals surface area contributed by atoms with Crippen molar-refractivity contribution in [3.8, 4) is 5.75 Å². The molecule has 0 atom stereocenters. The number of anilines is 1. The number of aryl methyl sites for hydroxylation is 2. The Labute approximate surface area is 181 Å². The van der Waals surface area contributed by atoms with Crippen LogP contribution in [0.25, 0.3) is 10.2 Å². The van der Waals surface area contributed by atoms with E-state index in [-0.39, 0.29) is 5.91 Å². The summed E-state index contributed by atoms with van der Waals surface area (Å²) in [4.78, 5) is 22.4. The maximum atomic E-state index is 13.5. The predicted octanol–water partition coefficient (Wildman–Crippen LogP) is 3.90. The number of carbonyl (C=O) groups is 1. The molecule has 1 fully saturated rings. The van der Waals surface area contributed by atoms with E-state index in [4.69, 9.17) is 14.5 Å². The maximum Gasteiger partial charge on any atom is 0.260 e. The lowest BCUT2D eigenvalue weighted by Crippen LogP contribution is -2.43. The molecule has 1 saturated heterocycles. The molecule has 2 aromatic carbocycles. The van der Waals surface area contributed by atoms with Crippen LogP contribution in [0.5, 0.6) is 5.75 Å². The molecule has 0 bridgehead atoms. The average Bonchev–Trinajstić information content (AvgIpc) is 3.19. The summed E-state index contributed by atoms with van der Waals surface area (Å²) in [6.45, 7) is 8.74. The highest BCUT2D eigenvalue weighted by atomic mass is 32.1. The molecular formula is C23H27N3O3S. The van der Waals surface area contributed by atoms with E-state index in [1.165, 1.54) is 16.9 Å². The van der Waals surface area contributed by atoms with E-state index in [1.54, 1.807) is 7.11 Å². The second-order valence-corrected chi connectivity index (χ2v) is 8.55. The van der Waals surface area contributed by atoms with Gasteiger partial charge in [-0.3, -0.25) is 14.6 Å². The van der Waals surface area contributed by atoms with E-state index in [0.717, 1.165) is 59.5 Å². The third-order valence-corrected chi connectivity index (χ3v) is 6.62. The van der Waals surface area contributed by atoms with Crippen LogP contribution in [0.4, 0.5) is 5.13 Å². The van der Waals surface area contributed by atoms with Crippen molar-refractivity contribution in [2.45, 2.75) is 13.8 Å². The Bertz CT molecular complexity index is 1040. The van der Waals surface area contributed by atoms with E-state index in [1.807, 2.05) is 48.2 Å². The fourth-order valence-electron chi connectivity index (χ4n) is 3.52. The first kappa shape index (κ1) is 20.8. The molecule has 0 spiro atoms. The van der Waals surface area contributed by atoms with Crippen molar-refractivity contribution in [2.24, 2.45) is 0 Å². The van der Waals surface area contributed by atoms with Crippen LogP contribution < -0.4 is 9.64 Å². The molecule has 158 valence electrons. The van der Waals surface area contributed by atoms with Gasteiger partial charge in [0, 0.05) is 37.8 Å². The van der Waals surface area contributed by atoms with Gasteiger partial charge in [0.1, 0.15) is 5.75 Å². The number of hydrogen-bond acceptors (Lipinski definition) is 6. The van der Waals surface area contributed by atoms with E-state index in [9.17, 15) is 4.79 Å². The number of amides is 1. The lowest BCUT2D eigenvalue weighted by molar-refractivity contribution is 0.0391. The third kappa shape index (κ3) is 4.48. The van der Waals surface area contributed by atoms with Gasteiger partial charge in [0.25, 0.3) is 5.91 Å². The van der Waals surface area contributed by atoms with Crippen LogP contribution in [0, 0.1) is 13.8 Å². The Morgan fingerprint density at radius 2 is 1.97 bits per heavy atom. The summed E-state index contributed by atoms with van der Waals surface area (Å²) >= 11 is 1.54. The molecule has 0 unspecified atom stereocenters. The SMILES string of the molecule is COc1ccc2sc(N(CCN3CCOCC3)C(=O)c3ccc(C)c(C)c3)nc2c1. The zero-order valence-corrected chi connectivity index (χ0v) is 18.5. The molecule has 2 heterocycles. The summed E-state index contributed by atoms with van der Waals surface area (Å²) in [5.41, 5.74) is 3.83. The van der Waals surface area contributed by atoms with Gasteiger partial charge in [-0.1, -0.05) is 17.4 Å². The van der Waals surface area contributed by atoms with Crippen LogP contribution in [0.1, 0.15) is 21.5 Å². The number of hydrogen-bond donors (Lipinski definition) is 0. The van der Waals surface area contributed by atoms with Crippen molar-refractivity contribution in [2.75, 3.05) is 51.4 Å². The fraction of sp³-hybridized carbons (Fsp3) is 0.391. The number of methoxy groups -OCH3 is 1. The molecule has 1 aromatic heterocycles. The van der Waals surface area contributed by atoms with E-state index >= 15 is 0 Å². The van der Waals surface area contributed by atoms with Gasteiger partial charge < -0.3 is 9.47 Å². The highest BCUT2D eigenvalue weighted by Crippen LogP contribution is 2.32. The number of nitrogens with zero attached hydrogens (tertiary/aromatic N) is 3. The number of thiazole rings is 1. The highest BCUT2D eigenvalue weighted by molar-refractivity contribution is 7.22. The average molecular weight is 426 g/mol. The number of aromatic nitrogens is 1. The number of benzene rings is 2. The molecule has 4 rings (SSSR count). The number of ether oxygens (including phenoxy) is 2. The minimum atomic E-state index is -0.0163. The Morgan fingerprint density at radius 1 is 1.17 bits per heavy atom. The smallest absolute Gasteiger partial charge is 0.260 e. The highest BCUT2D eigenvalue weighted by Gasteiger charge is 2.23. The van der Waals surface area contributed by atoms with E-state index in [0.29, 0.717) is 12.1 Å². The Balaban J connectivity index is 1.65. The Kier molecular flexibility index (Phi) is 6.32. The van der Waals surface area contributed by atoms with Gasteiger partial charge in [0.05, 0.1) is 30.5 Å². The molecule has 1 aliphatic heterocycles. The molecule has 0 saturated carbocycles. The molecule has 7 heteroatoms. The summed E-state index contributed by atoms with van der Waals surface area (Å²) in [7, 11) is 1.65. The zero-order chi connectivity index (χ0) is 21.1. The van der Waals surface area contributed by atoms with Crippen molar-refractivity contribution in [3.05, 3.63) is 53.1 Å². The third-order valence-electron chi connectivity index (χ3n) is 5.56. The minimum Gasteiger partial charge on any atom is -0.497 e. The molecular weight excluding hydrogens is 398 g/mol. The number of morpholine rings is 1. The van der Waals surface area contributed by atoms with Gasteiger partial charge in [-0.15, -0.1) is 0 Å². The molecule has 0 aliphatic carbocycles. The number of fused-ring (bicyclic) bond motifs is 1. The zero-order valence-electron chi connectivity index (χ0n) is 17.7. The van der Waals surface area contributed by atoms with Gasteiger partial charge in [-0.05, 0) is 49.2 Å². The van der Waals surface area contributed by atoms with E-state index in [2.05, 4.69) is 11.8 Å². The van der Waals surface area contributed by atoms with Crippen LogP contribution >= 0.6 is 11.3 Å². The molecule has 0 radical (unpaired) electrons. The monoisotopic (exact) mass is 425 g/mol. The Hall–Kier alpha value is -2.48. The summed E-state index contributed by atoms with van der Waals surface area (Å²) < 4.78 is 11.8. The van der Waals surface area contributed by atoms with Crippen LogP contribution in [0.2, 0.25) is 0 Å². The standard InChI is InChI=1S/C23H27N3O3S/c1-16-4-5-18(14-17(16)2)22(27)26(9-8-25-10-12-29-13-11-25)23-24-20-15-19(28-3)6-7-21(20)30-23/h4-7,14-15H,8-13H2,1-3H3. The number of rotatable bonds is 6. The van der Waals surface area contributed by atoms with E-state index < -0.39 is 0 Å². The second kappa shape index (κ2) is 9.12. The topological polar surface area (TPSA) is 54.9 Å². The second-order valence-electron chi connectivity index (χ2n) is 7.54. The quantitative estimate of drug-likeness (QED) is 0.600. The fourth-order valence-corrected chi connectivity index (χ4v) is 4.49. The van der Waals surface area contributed by atoms with Crippen molar-refractivity contribution in [1.29, 1.82) is 0 Å². The summed E-state index contributed by atoms with van der Waals surface area (Å²) in [6, 6.07) is 11.7. The molecule has 1 aliphatic rings. The molecule has 6 nitrogen and oxygen atoms in total. The maximum absolute atomic E-state index is 13.5. The van der Waals surface area contributed by atoms with Crippen LogP contribution in [0.15, 0.2) is 36.4 Å². The molecule has 0 N–H and O–H groups in total. The van der Waals surface area contributed by atoms with Gasteiger partial charge in [-0.25, -0.2) is 4.98 Å². The van der Waals surface area contributed by atoms with Crippen molar-refractivity contribution in [1.82, 2.24) is 9.88 Å². The van der Waals surface area contributed by atoms with Crippen molar-refractivity contribution >= 4 is 32.6 Å². The van der Waals surface area contributed by atoms with Gasteiger partial charge in [0.2, 0.25) is 0 Å². The van der Waals surface area contributed by atoms with Gasteiger partial charge in [-0.2, -0.15) is 0 Å². The van der Waals surface area contributed by atoms with Crippen LogP contribution in [-0.4, -0.2) is 62.3 Å². The largest absolute Gasteiger partial charge is 0.497 e. The van der Waals surface area contributed by atoms with Gasteiger partial charge in [0.15, 0.2) is 5.13 Å². The molecule has 3 aromatic rings. The molecule has 1 amide bonds. The van der Waals surface area contributed by atoms with Crippen molar-refractivity contribution in [3.63, 3.8) is 0 Å². The summed E-state index contributed by atoms with van der Waals surface area (Å²) in [5, 5.41) is 0.717. The summed E-state index contributed by atoms with van der Waals surface area (Å²) in [6.07, 6.45) is 0. The first-order valence-corrected chi connectivity index (χ1v) is 11.0. The Morgan fingerprint density at radius 3 is 2.70 bits per heavy atom. The molecule has 30 heavy (non-hydrogen) atoms. The lowest BCUT2D eigenvalue weighted by atomic mass is 10.1. The number of carbonyl (C=O) groups excluding carboxylic acids is 1. The van der Waals surface area contributed by atoms with Crippen LogP contribution in [0.3, 0.4) is 0 Å². The lowest BCUT2D eigenvalue weighted by Gasteiger charge is -2.29. The summed E-state index contributed by atoms with van der Waals surface area (Å²) in [5.74, 6) is 0.747. The van der Waals surface area contributed by atoms with Crippen LogP contribution in [-0.2, 0) is 4.74 Å². The first-order chi connectivity index (χ1) is 14.5. The first-order valence-electron chi connectivity index (χ1n) is 10.2. The predicted molar refractivity (Wildman–Crippen MR) is 121 cm³/mol. The minimum absolute atomic E-state index is 0.0163. The van der Waals surface area contributed by atoms with Crippen molar-refractivity contribution < 1.29 is 14.3 Å². The van der Waals surface area contributed by atoms with Gasteiger partial charge >= 0.3 is 0 Å².